The van der Waals surface area contributed by atoms with Gasteiger partial charge in [-0.15, -0.1) is 0 Å². The van der Waals surface area contributed by atoms with Crippen LogP contribution in [0.3, 0.4) is 0 Å². The fraction of sp³-hybridized carbons (Fsp3) is 0. The summed E-state index contributed by atoms with van der Waals surface area (Å²) < 4.78 is 19.5. The van der Waals surface area contributed by atoms with Crippen LogP contribution in [0.5, 0.6) is 11.5 Å². The molecule has 0 aliphatic carbocycles. The lowest BCUT2D eigenvalue weighted by atomic mass is 10.2. The van der Waals surface area contributed by atoms with E-state index in [1.165, 1.54) is 30.3 Å². The van der Waals surface area contributed by atoms with Crippen molar-refractivity contribution in [3.63, 3.8) is 0 Å². The van der Waals surface area contributed by atoms with Gasteiger partial charge in [0.2, 0.25) is 0 Å². The van der Waals surface area contributed by atoms with E-state index < -0.39 is 10.7 Å². The molecule has 0 bridgehead atoms. The Hall–Kier alpha value is -2.21. The van der Waals surface area contributed by atoms with Gasteiger partial charge in [0.15, 0.2) is 0 Å². The van der Waals surface area contributed by atoms with Gasteiger partial charge in [-0.1, -0.05) is 6.07 Å². The van der Waals surface area contributed by atoms with Crippen molar-refractivity contribution in [1.82, 2.24) is 0 Å². The molecule has 2 aromatic rings. The number of rotatable bonds is 3. The number of halogens is 2. The Morgan fingerprint density at radius 1 is 1.30 bits per heavy atom. The van der Waals surface area contributed by atoms with Crippen molar-refractivity contribution in [2.24, 2.45) is 0 Å². The summed E-state index contributed by atoms with van der Waals surface area (Å²) in [4.78, 5) is 10.2. The average molecular weight is 384 g/mol. The van der Waals surface area contributed by atoms with Crippen LogP contribution in [0.1, 0.15) is 5.56 Å². The Balaban J connectivity index is 2.45. The molecule has 5 nitrogen and oxygen atoms in total. The summed E-state index contributed by atoms with van der Waals surface area (Å²) in [6.07, 6.45) is 0. The maximum Gasteiger partial charge on any atom is 0.273 e. The van der Waals surface area contributed by atoms with E-state index in [0.29, 0.717) is 3.57 Å². The van der Waals surface area contributed by atoms with Crippen molar-refractivity contribution in [1.29, 1.82) is 5.26 Å². The Morgan fingerprint density at radius 2 is 2.05 bits per heavy atom. The van der Waals surface area contributed by atoms with Crippen LogP contribution in [-0.2, 0) is 0 Å². The number of non-ortho nitro benzene ring substituents is 1. The number of nitro groups is 1. The maximum atomic E-state index is 13.4. The lowest BCUT2D eigenvalue weighted by Gasteiger charge is -2.09. The van der Waals surface area contributed by atoms with E-state index in [1.54, 1.807) is 6.07 Å². The molecule has 100 valence electrons. The average Bonchev–Trinajstić information content (AvgIpc) is 2.41. The molecule has 0 atom stereocenters. The third-order valence-corrected chi connectivity index (χ3v) is 3.32. The quantitative estimate of drug-likeness (QED) is 0.455. The van der Waals surface area contributed by atoms with Crippen LogP contribution in [0.2, 0.25) is 0 Å². The summed E-state index contributed by atoms with van der Waals surface area (Å²) >= 11 is 1.94. The van der Waals surface area contributed by atoms with Gasteiger partial charge in [0.25, 0.3) is 5.69 Å². The highest BCUT2D eigenvalue weighted by atomic mass is 127. The molecular weight excluding hydrogens is 378 g/mol. The van der Waals surface area contributed by atoms with Crippen molar-refractivity contribution in [3.05, 3.63) is 61.5 Å². The zero-order chi connectivity index (χ0) is 14.7. The summed E-state index contributed by atoms with van der Waals surface area (Å²) in [5.41, 5.74) is -0.384. The standard InChI is InChI=1S/C13H6FIN2O3/c14-10-2-1-3-12(9(10)7-16)20-13-6-8(17(18)19)4-5-11(13)15/h1-6H. The van der Waals surface area contributed by atoms with Crippen LogP contribution >= 0.6 is 22.6 Å². The van der Waals surface area contributed by atoms with E-state index in [0.717, 1.165) is 6.07 Å². The first-order chi connectivity index (χ1) is 9.52. The van der Waals surface area contributed by atoms with Gasteiger partial charge >= 0.3 is 0 Å². The summed E-state index contributed by atoms with van der Waals surface area (Å²) in [6, 6.07) is 9.75. The third kappa shape index (κ3) is 2.85. The molecule has 2 rings (SSSR count). The minimum atomic E-state index is -0.703. The second kappa shape index (κ2) is 5.83. The predicted octanol–water partition coefficient (Wildman–Crippen LogP) is 4.00. The van der Waals surface area contributed by atoms with Crippen LogP contribution < -0.4 is 4.74 Å². The zero-order valence-corrected chi connectivity index (χ0v) is 12.0. The zero-order valence-electron chi connectivity index (χ0n) is 9.84. The van der Waals surface area contributed by atoms with Gasteiger partial charge < -0.3 is 4.74 Å². The molecule has 20 heavy (non-hydrogen) atoms. The van der Waals surface area contributed by atoms with Crippen LogP contribution in [0, 0.1) is 30.8 Å². The molecule has 2 aromatic carbocycles. The second-order valence-corrected chi connectivity index (χ2v) is 4.86. The Morgan fingerprint density at radius 3 is 2.70 bits per heavy atom. The van der Waals surface area contributed by atoms with Gasteiger partial charge in [-0.2, -0.15) is 5.26 Å². The van der Waals surface area contributed by atoms with Crippen LogP contribution in [-0.4, -0.2) is 4.92 Å². The number of nitriles is 1. The number of ether oxygens (including phenoxy) is 1. The lowest BCUT2D eigenvalue weighted by molar-refractivity contribution is -0.384. The maximum absolute atomic E-state index is 13.4. The van der Waals surface area contributed by atoms with E-state index in [-0.39, 0.29) is 22.7 Å². The fourth-order valence-corrected chi connectivity index (χ4v) is 1.95. The highest BCUT2D eigenvalue weighted by Gasteiger charge is 2.14. The number of nitrogens with zero attached hydrogens (tertiary/aromatic N) is 2. The first-order valence-electron chi connectivity index (χ1n) is 5.33. The summed E-state index contributed by atoms with van der Waals surface area (Å²) in [5, 5.41) is 19.6. The molecule has 0 aliphatic heterocycles. The molecular formula is C13H6FIN2O3. The summed E-state index contributed by atoms with van der Waals surface area (Å²) in [5.74, 6) is -0.488. The topological polar surface area (TPSA) is 76.2 Å². The van der Waals surface area contributed by atoms with E-state index in [9.17, 15) is 14.5 Å². The van der Waals surface area contributed by atoms with E-state index >= 15 is 0 Å². The van der Waals surface area contributed by atoms with Gasteiger partial charge in [-0.25, -0.2) is 4.39 Å². The fourth-order valence-electron chi connectivity index (χ4n) is 1.50. The van der Waals surface area contributed by atoms with Crippen molar-refractivity contribution in [2.45, 2.75) is 0 Å². The van der Waals surface area contributed by atoms with E-state index in [1.807, 2.05) is 22.6 Å². The third-order valence-electron chi connectivity index (χ3n) is 2.43. The number of benzene rings is 2. The smallest absolute Gasteiger partial charge is 0.273 e. The van der Waals surface area contributed by atoms with E-state index in [4.69, 9.17) is 10.00 Å². The van der Waals surface area contributed by atoms with E-state index in [2.05, 4.69) is 0 Å². The van der Waals surface area contributed by atoms with Crippen molar-refractivity contribution >= 4 is 28.3 Å². The molecule has 0 fully saturated rings. The predicted molar refractivity (Wildman–Crippen MR) is 77.0 cm³/mol. The Labute approximate surface area is 126 Å². The summed E-state index contributed by atoms with van der Waals surface area (Å²) in [7, 11) is 0. The minimum absolute atomic E-state index is 0.0194. The molecule has 0 aromatic heterocycles. The van der Waals surface area contributed by atoms with Gasteiger partial charge in [-0.3, -0.25) is 10.1 Å². The van der Waals surface area contributed by atoms with Crippen molar-refractivity contribution in [2.75, 3.05) is 0 Å². The van der Waals surface area contributed by atoms with Crippen molar-refractivity contribution in [3.8, 4) is 17.6 Å². The highest BCUT2D eigenvalue weighted by molar-refractivity contribution is 14.1. The molecule has 0 unspecified atom stereocenters. The van der Waals surface area contributed by atoms with Crippen molar-refractivity contribution < 1.29 is 14.1 Å². The number of nitro benzene ring substituents is 1. The first kappa shape index (κ1) is 14.2. The van der Waals surface area contributed by atoms with Gasteiger partial charge in [-0.05, 0) is 40.8 Å². The molecule has 0 heterocycles. The van der Waals surface area contributed by atoms with Crippen LogP contribution in [0.15, 0.2) is 36.4 Å². The van der Waals surface area contributed by atoms with Crippen LogP contribution in [0.4, 0.5) is 10.1 Å². The molecule has 0 aliphatic rings. The molecule has 0 N–H and O–H groups in total. The van der Waals surface area contributed by atoms with Gasteiger partial charge in [0, 0.05) is 6.07 Å². The monoisotopic (exact) mass is 384 g/mol. The number of hydrogen-bond acceptors (Lipinski definition) is 4. The molecule has 0 radical (unpaired) electrons. The molecule has 0 spiro atoms. The molecule has 7 heteroatoms. The number of hydrogen-bond donors (Lipinski definition) is 0. The van der Waals surface area contributed by atoms with Gasteiger partial charge in [0.1, 0.15) is 28.9 Å². The summed E-state index contributed by atoms with van der Waals surface area (Å²) in [6.45, 7) is 0. The highest BCUT2D eigenvalue weighted by Crippen LogP contribution is 2.32. The SMILES string of the molecule is N#Cc1c(F)cccc1Oc1cc([N+](=O)[O-])ccc1I. The second-order valence-electron chi connectivity index (χ2n) is 3.70. The molecule has 0 saturated carbocycles. The first-order valence-corrected chi connectivity index (χ1v) is 6.41. The van der Waals surface area contributed by atoms with Crippen LogP contribution in [0.25, 0.3) is 0 Å². The molecule has 0 saturated heterocycles. The molecule has 0 amide bonds. The lowest BCUT2D eigenvalue weighted by Crippen LogP contribution is -1.95. The minimum Gasteiger partial charge on any atom is -0.454 e. The normalized spacial score (nSPS) is 9.85. The Bertz CT molecular complexity index is 728. The largest absolute Gasteiger partial charge is 0.454 e. The Kier molecular flexibility index (Phi) is 4.14. The van der Waals surface area contributed by atoms with Gasteiger partial charge in [0.05, 0.1) is 14.6 Å².